The first-order valence-corrected chi connectivity index (χ1v) is 15.3. The number of phenols is 1. The summed E-state index contributed by atoms with van der Waals surface area (Å²) in [6, 6.07) is 10.0. The van der Waals surface area contributed by atoms with Crippen molar-refractivity contribution in [2.24, 2.45) is 0 Å². The summed E-state index contributed by atoms with van der Waals surface area (Å²) >= 11 is 1.53. The molecule has 7 N–H and O–H groups in total. The van der Waals surface area contributed by atoms with Crippen LogP contribution in [-0.2, 0) is 32.0 Å². The number of carboxylic acid groups (broad SMARTS) is 1. The topological polar surface area (TPSA) is 173 Å². The van der Waals surface area contributed by atoms with Crippen LogP contribution < -0.4 is 21.3 Å². The van der Waals surface area contributed by atoms with E-state index in [1.54, 1.807) is 18.3 Å². The molecule has 4 rings (SSSR count). The molecule has 0 bridgehead atoms. The highest BCUT2D eigenvalue weighted by Crippen LogP contribution is 2.19. The lowest BCUT2D eigenvalue weighted by atomic mass is 10.0. The second kappa shape index (κ2) is 14.7. The van der Waals surface area contributed by atoms with Crippen molar-refractivity contribution >= 4 is 46.4 Å². The van der Waals surface area contributed by atoms with Crippen LogP contribution in [0.1, 0.15) is 30.4 Å². The molecule has 3 aromatic rings. The lowest BCUT2D eigenvalue weighted by Gasteiger charge is -2.25. The summed E-state index contributed by atoms with van der Waals surface area (Å²) in [5, 5.41) is 31.8. The molecule has 1 fully saturated rings. The fourth-order valence-corrected chi connectivity index (χ4v) is 5.50. The molecule has 1 aliphatic heterocycles. The first kappa shape index (κ1) is 30.9. The van der Waals surface area contributed by atoms with E-state index in [-0.39, 0.29) is 30.5 Å². The fraction of sp³-hybridized carbons (Fsp3) is 0.400. The van der Waals surface area contributed by atoms with Crippen LogP contribution in [0.5, 0.6) is 5.75 Å². The number of carbonyl (C=O) groups excluding carboxylic acids is 3. The van der Waals surface area contributed by atoms with Gasteiger partial charge in [0.2, 0.25) is 17.7 Å². The van der Waals surface area contributed by atoms with Gasteiger partial charge in [-0.05, 0) is 67.1 Å². The van der Waals surface area contributed by atoms with Crippen LogP contribution in [0.15, 0.2) is 54.7 Å². The minimum Gasteiger partial charge on any atom is -0.508 e. The maximum atomic E-state index is 13.6. The number of para-hydroxylation sites is 1. The van der Waals surface area contributed by atoms with Crippen molar-refractivity contribution in [1.82, 2.24) is 26.3 Å². The monoisotopic (exact) mass is 595 g/mol. The molecule has 2 aromatic carbocycles. The number of aromatic nitrogens is 1. The van der Waals surface area contributed by atoms with Gasteiger partial charge in [0.15, 0.2) is 0 Å². The maximum absolute atomic E-state index is 13.6. The first-order valence-electron chi connectivity index (χ1n) is 13.9. The molecular weight excluding hydrogens is 558 g/mol. The highest BCUT2D eigenvalue weighted by molar-refractivity contribution is 7.98. The summed E-state index contributed by atoms with van der Waals surface area (Å²) in [6.07, 6.45) is 5.62. The molecule has 11 nitrogen and oxygen atoms in total. The third-order valence-corrected chi connectivity index (χ3v) is 7.99. The number of thioether (sulfide) groups is 1. The fourth-order valence-electron chi connectivity index (χ4n) is 5.03. The molecular formula is C30H37N5O6S. The number of carboxylic acids is 1. The van der Waals surface area contributed by atoms with E-state index in [9.17, 15) is 29.4 Å². The van der Waals surface area contributed by atoms with E-state index < -0.39 is 35.9 Å². The standard InChI is InChI=1S/C30H37N5O6S/c1-42-14-12-24(33-27(37)23-7-4-13-31-23)28(38)34-25(15-18-8-10-20(36)11-9-18)29(39)35-26(30(40)41)16-19-17-32-22-6-3-2-5-21(19)22/h2-3,5-6,8-11,17,23-26,31-32,36H,4,7,12-16H2,1H3,(H,33,37)(H,34,38)(H,35,39)(H,40,41). The Morgan fingerprint density at radius 1 is 0.952 bits per heavy atom. The van der Waals surface area contributed by atoms with Crippen molar-refractivity contribution in [3.05, 3.63) is 65.9 Å². The number of hydrogen-bond acceptors (Lipinski definition) is 7. The minimum absolute atomic E-state index is 0.0335. The highest BCUT2D eigenvalue weighted by atomic mass is 32.2. The van der Waals surface area contributed by atoms with Crippen molar-refractivity contribution < 1.29 is 29.4 Å². The van der Waals surface area contributed by atoms with E-state index >= 15 is 0 Å². The Bertz CT molecular complexity index is 1390. The van der Waals surface area contributed by atoms with Gasteiger partial charge < -0.3 is 36.5 Å². The molecule has 4 unspecified atom stereocenters. The Morgan fingerprint density at radius 3 is 2.36 bits per heavy atom. The number of aromatic hydroxyl groups is 1. The van der Waals surface area contributed by atoms with Crippen molar-refractivity contribution in [3.63, 3.8) is 0 Å². The summed E-state index contributed by atoms with van der Waals surface area (Å²) in [6.45, 7) is 0.734. The van der Waals surface area contributed by atoms with E-state index in [0.717, 1.165) is 29.4 Å². The number of aromatic amines is 1. The zero-order valence-corrected chi connectivity index (χ0v) is 24.2. The largest absolute Gasteiger partial charge is 0.508 e. The molecule has 0 radical (unpaired) electrons. The molecule has 42 heavy (non-hydrogen) atoms. The number of carbonyl (C=O) groups is 4. The Morgan fingerprint density at radius 2 is 1.67 bits per heavy atom. The van der Waals surface area contributed by atoms with Crippen molar-refractivity contribution in [2.75, 3.05) is 18.6 Å². The SMILES string of the molecule is CSCCC(NC(=O)C1CCCN1)C(=O)NC(Cc1ccc(O)cc1)C(=O)NC(Cc1c[nH]c2ccccc12)C(=O)O. The van der Waals surface area contributed by atoms with Gasteiger partial charge in [-0.2, -0.15) is 11.8 Å². The number of benzene rings is 2. The molecule has 1 aliphatic rings. The van der Waals surface area contributed by atoms with Crippen LogP contribution in [0.2, 0.25) is 0 Å². The van der Waals surface area contributed by atoms with Crippen LogP contribution >= 0.6 is 11.8 Å². The predicted molar refractivity (Wildman–Crippen MR) is 161 cm³/mol. The summed E-state index contributed by atoms with van der Waals surface area (Å²) in [5.74, 6) is -2.02. The third kappa shape index (κ3) is 8.26. The lowest BCUT2D eigenvalue weighted by Crippen LogP contribution is -2.57. The molecule has 12 heteroatoms. The average molecular weight is 596 g/mol. The van der Waals surface area contributed by atoms with Crippen molar-refractivity contribution in [2.45, 2.75) is 56.3 Å². The van der Waals surface area contributed by atoms with Gasteiger partial charge in [0.25, 0.3) is 0 Å². The number of amides is 3. The second-order valence-electron chi connectivity index (χ2n) is 10.4. The van der Waals surface area contributed by atoms with Gasteiger partial charge in [-0.15, -0.1) is 0 Å². The number of rotatable bonds is 14. The van der Waals surface area contributed by atoms with Crippen molar-refractivity contribution in [3.8, 4) is 5.75 Å². The number of phenolic OH excluding ortho intramolecular Hbond substituents is 1. The number of hydrogen-bond donors (Lipinski definition) is 7. The lowest BCUT2D eigenvalue weighted by molar-refractivity contribution is -0.142. The molecule has 4 atom stereocenters. The van der Waals surface area contributed by atoms with E-state index in [4.69, 9.17) is 0 Å². The number of fused-ring (bicyclic) bond motifs is 1. The predicted octanol–water partition coefficient (Wildman–Crippen LogP) is 1.70. The van der Waals surface area contributed by atoms with Gasteiger partial charge in [0.1, 0.15) is 23.9 Å². The normalized spacial score (nSPS) is 16.8. The van der Waals surface area contributed by atoms with Gasteiger partial charge in [-0.1, -0.05) is 30.3 Å². The van der Waals surface area contributed by atoms with E-state index in [0.29, 0.717) is 24.2 Å². The Balaban J connectivity index is 1.52. The first-order chi connectivity index (χ1) is 20.2. The molecule has 1 aromatic heterocycles. The molecule has 2 heterocycles. The number of nitrogens with one attached hydrogen (secondary N) is 5. The zero-order valence-electron chi connectivity index (χ0n) is 23.4. The highest BCUT2D eigenvalue weighted by Gasteiger charge is 2.32. The quantitative estimate of drug-likeness (QED) is 0.148. The van der Waals surface area contributed by atoms with Gasteiger partial charge in [0, 0.05) is 29.9 Å². The molecule has 224 valence electrons. The molecule has 3 amide bonds. The van der Waals surface area contributed by atoms with Crippen LogP contribution in [0.4, 0.5) is 0 Å². The molecule has 0 saturated carbocycles. The maximum Gasteiger partial charge on any atom is 0.326 e. The van der Waals surface area contributed by atoms with E-state index in [1.807, 2.05) is 30.5 Å². The van der Waals surface area contributed by atoms with Crippen LogP contribution in [0, 0.1) is 0 Å². The van der Waals surface area contributed by atoms with Crippen LogP contribution in [-0.4, -0.2) is 81.6 Å². The van der Waals surface area contributed by atoms with Crippen LogP contribution in [0.3, 0.4) is 0 Å². The van der Waals surface area contributed by atoms with Crippen LogP contribution in [0.25, 0.3) is 10.9 Å². The summed E-state index contributed by atoms with van der Waals surface area (Å²) < 4.78 is 0. The summed E-state index contributed by atoms with van der Waals surface area (Å²) in [7, 11) is 0. The second-order valence-corrected chi connectivity index (χ2v) is 11.4. The molecule has 1 saturated heterocycles. The van der Waals surface area contributed by atoms with Gasteiger partial charge in [0.05, 0.1) is 6.04 Å². The van der Waals surface area contributed by atoms with E-state index in [2.05, 4.69) is 26.3 Å². The molecule has 0 spiro atoms. The average Bonchev–Trinajstić information content (AvgIpc) is 3.66. The summed E-state index contributed by atoms with van der Waals surface area (Å²) in [5.41, 5.74) is 2.24. The Hall–Kier alpha value is -4.03. The smallest absolute Gasteiger partial charge is 0.326 e. The summed E-state index contributed by atoms with van der Waals surface area (Å²) in [4.78, 5) is 55.2. The molecule has 0 aliphatic carbocycles. The van der Waals surface area contributed by atoms with Crippen molar-refractivity contribution in [1.29, 1.82) is 0 Å². The van der Waals surface area contributed by atoms with E-state index in [1.165, 1.54) is 23.9 Å². The Labute approximate surface area is 248 Å². The number of H-pyrrole nitrogens is 1. The minimum atomic E-state index is -1.25. The Kier molecular flexibility index (Phi) is 10.8. The van der Waals surface area contributed by atoms with Gasteiger partial charge >= 0.3 is 5.97 Å². The number of aliphatic carboxylic acids is 1. The van der Waals surface area contributed by atoms with Gasteiger partial charge in [-0.25, -0.2) is 4.79 Å². The zero-order chi connectivity index (χ0) is 30.1. The van der Waals surface area contributed by atoms with Gasteiger partial charge in [-0.3, -0.25) is 14.4 Å². The third-order valence-electron chi connectivity index (χ3n) is 7.34.